The van der Waals surface area contributed by atoms with Crippen LogP contribution in [0.4, 0.5) is 0 Å². The summed E-state index contributed by atoms with van der Waals surface area (Å²) in [6, 6.07) is 8.56. The highest BCUT2D eigenvalue weighted by Crippen LogP contribution is 2.25. The summed E-state index contributed by atoms with van der Waals surface area (Å²) in [5, 5.41) is 0. The third-order valence-corrected chi connectivity index (χ3v) is 4.47. The first-order chi connectivity index (χ1) is 8.11. The van der Waals surface area contributed by atoms with Crippen LogP contribution in [0.3, 0.4) is 0 Å². The van der Waals surface area contributed by atoms with E-state index in [0.717, 1.165) is 22.0 Å². The average Bonchev–Trinajstić information content (AvgIpc) is 2.29. The Bertz CT molecular complexity index is 408. The number of nitrogens with zero attached hydrogens (tertiary/aromatic N) is 1. The normalized spacial score (nSPS) is 24.8. The average molecular weight is 343 g/mol. The lowest BCUT2D eigenvalue weighted by Gasteiger charge is -2.39. The van der Waals surface area contributed by atoms with Gasteiger partial charge < -0.3 is 4.90 Å². The summed E-state index contributed by atoms with van der Waals surface area (Å²) in [7, 11) is 0. The van der Waals surface area contributed by atoms with E-state index in [0.29, 0.717) is 12.1 Å². The predicted octanol–water partition coefficient (Wildman–Crippen LogP) is 3.69. The van der Waals surface area contributed by atoms with E-state index in [2.05, 4.69) is 41.3 Å². The first-order valence-corrected chi connectivity index (χ1v) is 7.26. The Balaban J connectivity index is 2.27. The number of benzene rings is 1. The van der Waals surface area contributed by atoms with Gasteiger partial charge in [0, 0.05) is 15.7 Å². The van der Waals surface area contributed by atoms with Crippen molar-refractivity contribution in [3.05, 3.63) is 33.4 Å². The van der Waals surface area contributed by atoms with Gasteiger partial charge in [0.2, 0.25) is 0 Å². The van der Waals surface area contributed by atoms with E-state index in [1.165, 1.54) is 6.42 Å². The van der Waals surface area contributed by atoms with Gasteiger partial charge in [-0.25, -0.2) is 0 Å². The zero-order chi connectivity index (χ0) is 12.4. The zero-order valence-electron chi connectivity index (χ0n) is 10.3. The molecule has 1 amide bonds. The van der Waals surface area contributed by atoms with Gasteiger partial charge in [0.1, 0.15) is 0 Å². The van der Waals surface area contributed by atoms with Gasteiger partial charge in [-0.15, -0.1) is 0 Å². The number of amides is 1. The fraction of sp³-hybridized carbons (Fsp3) is 0.500. The van der Waals surface area contributed by atoms with E-state index in [9.17, 15) is 4.79 Å². The molecule has 1 aromatic rings. The number of hydrogen-bond acceptors (Lipinski definition) is 1. The van der Waals surface area contributed by atoms with Crippen LogP contribution in [0.5, 0.6) is 0 Å². The van der Waals surface area contributed by atoms with Crippen LogP contribution >= 0.6 is 22.6 Å². The summed E-state index contributed by atoms with van der Waals surface area (Å²) >= 11 is 2.24. The van der Waals surface area contributed by atoms with E-state index in [-0.39, 0.29) is 5.91 Å². The summed E-state index contributed by atoms with van der Waals surface area (Å²) in [4.78, 5) is 14.6. The number of carbonyl (C=O) groups excluding carboxylic acids is 1. The molecule has 2 unspecified atom stereocenters. The van der Waals surface area contributed by atoms with Crippen LogP contribution in [-0.4, -0.2) is 22.9 Å². The second-order valence-electron chi connectivity index (χ2n) is 4.82. The molecule has 2 rings (SSSR count). The van der Waals surface area contributed by atoms with Gasteiger partial charge in [0.05, 0.1) is 5.56 Å². The second-order valence-corrected chi connectivity index (χ2v) is 5.98. The summed E-state index contributed by atoms with van der Waals surface area (Å²) in [6.07, 6.45) is 3.48. The Kier molecular flexibility index (Phi) is 4.07. The molecule has 0 N–H and O–H groups in total. The third kappa shape index (κ3) is 2.64. The Morgan fingerprint density at radius 3 is 2.41 bits per heavy atom. The van der Waals surface area contributed by atoms with E-state index in [1.807, 2.05) is 24.3 Å². The fourth-order valence-electron chi connectivity index (χ4n) is 2.60. The van der Waals surface area contributed by atoms with Crippen molar-refractivity contribution in [2.24, 2.45) is 0 Å². The highest BCUT2D eigenvalue weighted by Gasteiger charge is 2.30. The molecule has 0 spiro atoms. The Hall–Kier alpha value is -0.580. The molecule has 0 saturated carbocycles. The lowest BCUT2D eigenvalue weighted by atomic mass is 9.96. The van der Waals surface area contributed by atoms with E-state index >= 15 is 0 Å². The van der Waals surface area contributed by atoms with E-state index in [1.54, 1.807) is 0 Å². The maximum atomic E-state index is 12.6. The lowest BCUT2D eigenvalue weighted by molar-refractivity contribution is 0.0509. The molecule has 1 fully saturated rings. The molecule has 1 heterocycles. The van der Waals surface area contributed by atoms with Gasteiger partial charge in [0.25, 0.3) is 5.91 Å². The molecule has 1 aliphatic heterocycles. The minimum atomic E-state index is 0.190. The molecule has 1 aliphatic rings. The zero-order valence-corrected chi connectivity index (χ0v) is 12.5. The van der Waals surface area contributed by atoms with Gasteiger partial charge in [-0.05, 0) is 67.8 Å². The minimum absolute atomic E-state index is 0.190. The SMILES string of the molecule is CC1CCCC(C)N1C(=O)c1ccccc1I. The van der Waals surface area contributed by atoms with Crippen molar-refractivity contribution in [2.45, 2.75) is 45.2 Å². The third-order valence-electron chi connectivity index (χ3n) is 3.53. The molecule has 3 heteroatoms. The molecule has 2 nitrogen and oxygen atoms in total. The maximum Gasteiger partial charge on any atom is 0.255 e. The van der Waals surface area contributed by atoms with Gasteiger partial charge >= 0.3 is 0 Å². The summed E-state index contributed by atoms with van der Waals surface area (Å²) < 4.78 is 1.04. The van der Waals surface area contributed by atoms with Gasteiger partial charge in [-0.2, -0.15) is 0 Å². The molecule has 17 heavy (non-hydrogen) atoms. The van der Waals surface area contributed by atoms with E-state index < -0.39 is 0 Å². The Morgan fingerprint density at radius 1 is 1.24 bits per heavy atom. The van der Waals surface area contributed by atoms with Crippen LogP contribution in [0.1, 0.15) is 43.5 Å². The molecule has 0 radical (unpaired) electrons. The quantitative estimate of drug-likeness (QED) is 0.712. The van der Waals surface area contributed by atoms with Crippen LogP contribution in [0.15, 0.2) is 24.3 Å². The molecule has 92 valence electrons. The first-order valence-electron chi connectivity index (χ1n) is 6.18. The molecule has 1 saturated heterocycles. The Morgan fingerprint density at radius 2 is 1.82 bits per heavy atom. The number of carbonyl (C=O) groups is 1. The standard InChI is InChI=1S/C14H18INO/c1-10-6-5-7-11(2)16(10)14(17)12-8-3-4-9-13(12)15/h3-4,8-11H,5-7H2,1-2H3. The van der Waals surface area contributed by atoms with Crippen molar-refractivity contribution in [1.82, 2.24) is 4.90 Å². The Labute approximate surface area is 117 Å². The highest BCUT2D eigenvalue weighted by molar-refractivity contribution is 14.1. The van der Waals surface area contributed by atoms with Crippen molar-refractivity contribution in [3.8, 4) is 0 Å². The fourth-order valence-corrected chi connectivity index (χ4v) is 3.21. The molecular formula is C14H18INO. The maximum absolute atomic E-state index is 12.6. The van der Waals surface area contributed by atoms with Crippen molar-refractivity contribution in [1.29, 1.82) is 0 Å². The molecule has 1 aromatic carbocycles. The smallest absolute Gasteiger partial charge is 0.255 e. The van der Waals surface area contributed by atoms with Gasteiger partial charge in [-0.1, -0.05) is 12.1 Å². The number of halogens is 1. The van der Waals surface area contributed by atoms with Crippen LogP contribution in [-0.2, 0) is 0 Å². The molecule has 0 bridgehead atoms. The first kappa shape index (κ1) is 12.9. The largest absolute Gasteiger partial charge is 0.333 e. The van der Waals surface area contributed by atoms with Crippen molar-refractivity contribution in [3.63, 3.8) is 0 Å². The molecule has 2 atom stereocenters. The number of piperidine rings is 1. The number of hydrogen-bond donors (Lipinski definition) is 0. The van der Waals surface area contributed by atoms with Crippen molar-refractivity contribution in [2.75, 3.05) is 0 Å². The monoisotopic (exact) mass is 343 g/mol. The van der Waals surface area contributed by atoms with Gasteiger partial charge in [0.15, 0.2) is 0 Å². The lowest BCUT2D eigenvalue weighted by Crippen LogP contribution is -2.47. The molecular weight excluding hydrogens is 325 g/mol. The topological polar surface area (TPSA) is 20.3 Å². The number of likely N-dealkylation sites (tertiary alicyclic amines) is 1. The predicted molar refractivity (Wildman–Crippen MR) is 78.1 cm³/mol. The summed E-state index contributed by atoms with van der Waals surface area (Å²) in [5.74, 6) is 0.190. The molecule has 0 aliphatic carbocycles. The molecule has 0 aromatic heterocycles. The van der Waals surface area contributed by atoms with Crippen LogP contribution in [0, 0.1) is 3.57 Å². The van der Waals surface area contributed by atoms with Crippen LogP contribution < -0.4 is 0 Å². The number of rotatable bonds is 1. The second kappa shape index (κ2) is 5.38. The van der Waals surface area contributed by atoms with Crippen molar-refractivity contribution >= 4 is 28.5 Å². The van der Waals surface area contributed by atoms with Crippen LogP contribution in [0.25, 0.3) is 0 Å². The minimum Gasteiger partial charge on any atom is -0.333 e. The summed E-state index contributed by atoms with van der Waals surface area (Å²) in [6.45, 7) is 4.31. The highest BCUT2D eigenvalue weighted by atomic mass is 127. The van der Waals surface area contributed by atoms with Crippen molar-refractivity contribution < 1.29 is 4.79 Å². The van der Waals surface area contributed by atoms with Crippen LogP contribution in [0.2, 0.25) is 0 Å². The van der Waals surface area contributed by atoms with E-state index in [4.69, 9.17) is 0 Å². The van der Waals surface area contributed by atoms with Gasteiger partial charge in [-0.3, -0.25) is 4.79 Å². The summed E-state index contributed by atoms with van der Waals surface area (Å²) in [5.41, 5.74) is 0.841.